The van der Waals surface area contributed by atoms with Crippen molar-refractivity contribution in [2.24, 2.45) is 5.41 Å². The Morgan fingerprint density at radius 2 is 1.83 bits per heavy atom. The highest BCUT2D eigenvalue weighted by molar-refractivity contribution is 7.90. The number of hydrogen-bond donors (Lipinski definition) is 2. The summed E-state index contributed by atoms with van der Waals surface area (Å²) in [7, 11) is -2.49. The van der Waals surface area contributed by atoms with E-state index < -0.39 is 33.1 Å². The third-order valence-corrected chi connectivity index (χ3v) is 12.0. The Morgan fingerprint density at radius 1 is 1.11 bits per heavy atom. The lowest BCUT2D eigenvalue weighted by molar-refractivity contribution is -0.143. The SMILES string of the molecule is COc1cc(S(C)(=O)=O)c(F)cc1NCC#Cc1sc2c(NC3CCC(N4CCC5(CC4)COC5)CC3)cccc2c1CC(F)(F)F. The lowest BCUT2D eigenvalue weighted by Gasteiger charge is -2.49. The van der Waals surface area contributed by atoms with E-state index in [2.05, 4.69) is 27.4 Å². The second-order valence-electron chi connectivity index (χ2n) is 13.0. The van der Waals surface area contributed by atoms with Gasteiger partial charge in [0.25, 0.3) is 0 Å². The number of sulfone groups is 1. The molecule has 13 heteroatoms. The lowest BCUT2D eigenvalue weighted by Crippen LogP contribution is -2.53. The molecule has 2 N–H and O–H groups in total. The number of likely N-dealkylation sites (tertiary alicyclic amines) is 1. The van der Waals surface area contributed by atoms with Crippen LogP contribution in [0, 0.1) is 23.1 Å². The second kappa shape index (κ2) is 13.5. The van der Waals surface area contributed by atoms with Gasteiger partial charge in [-0.05, 0) is 68.6 Å². The van der Waals surface area contributed by atoms with Crippen molar-refractivity contribution in [3.8, 4) is 17.6 Å². The normalized spacial score (nSPS) is 21.6. The van der Waals surface area contributed by atoms with Gasteiger partial charge in [-0.25, -0.2) is 12.8 Å². The van der Waals surface area contributed by atoms with Gasteiger partial charge in [-0.15, -0.1) is 11.3 Å². The summed E-state index contributed by atoms with van der Waals surface area (Å²) in [5.41, 5.74) is 1.55. The van der Waals surface area contributed by atoms with Crippen LogP contribution in [0.25, 0.3) is 10.1 Å². The third-order valence-electron chi connectivity index (χ3n) is 9.67. The fourth-order valence-corrected chi connectivity index (χ4v) is 8.90. The van der Waals surface area contributed by atoms with E-state index in [1.54, 1.807) is 12.1 Å². The van der Waals surface area contributed by atoms with E-state index in [9.17, 15) is 26.0 Å². The molecule has 3 aromatic rings. The van der Waals surface area contributed by atoms with E-state index in [4.69, 9.17) is 9.47 Å². The van der Waals surface area contributed by atoms with Gasteiger partial charge in [-0.2, -0.15) is 13.2 Å². The Kier molecular flexibility index (Phi) is 9.69. The van der Waals surface area contributed by atoms with Gasteiger partial charge in [0.15, 0.2) is 9.84 Å². The fourth-order valence-electron chi connectivity index (χ4n) is 7.00. The maximum absolute atomic E-state index is 14.5. The Bertz CT molecular complexity index is 1780. The number of methoxy groups -OCH3 is 1. The van der Waals surface area contributed by atoms with Crippen LogP contribution in [0.3, 0.4) is 0 Å². The van der Waals surface area contributed by atoms with Gasteiger partial charge in [0.1, 0.15) is 16.5 Å². The summed E-state index contributed by atoms with van der Waals surface area (Å²) >= 11 is 1.24. The van der Waals surface area contributed by atoms with E-state index in [1.807, 2.05) is 6.07 Å². The first-order chi connectivity index (χ1) is 22.3. The molecule has 2 aliphatic heterocycles. The largest absolute Gasteiger partial charge is 0.495 e. The molecule has 1 aliphatic carbocycles. The molecule has 0 atom stereocenters. The Balaban J connectivity index is 1.15. The first-order valence-corrected chi connectivity index (χ1v) is 18.5. The smallest absolute Gasteiger partial charge is 0.393 e. The Morgan fingerprint density at radius 3 is 2.45 bits per heavy atom. The zero-order valence-corrected chi connectivity index (χ0v) is 28.1. The molecular formula is C34H39F4N3O4S2. The van der Waals surface area contributed by atoms with E-state index in [0.29, 0.717) is 21.7 Å². The number of rotatable bonds is 8. The third kappa shape index (κ3) is 7.66. The van der Waals surface area contributed by atoms with Crippen molar-refractivity contribution < 1.29 is 35.5 Å². The first-order valence-electron chi connectivity index (χ1n) is 15.8. The zero-order valence-electron chi connectivity index (χ0n) is 26.4. The molecule has 0 bridgehead atoms. The molecule has 0 amide bonds. The van der Waals surface area contributed by atoms with Crippen LogP contribution in [0.1, 0.15) is 49.0 Å². The van der Waals surface area contributed by atoms with E-state index in [-0.39, 0.29) is 29.6 Å². The highest BCUT2D eigenvalue weighted by Gasteiger charge is 2.42. The predicted octanol–water partition coefficient (Wildman–Crippen LogP) is 6.86. The number of alkyl halides is 3. The molecule has 0 unspecified atom stereocenters. The molecule has 6 rings (SSSR count). The van der Waals surface area contributed by atoms with Crippen LogP contribution in [-0.2, 0) is 21.0 Å². The molecule has 3 fully saturated rings. The highest BCUT2D eigenvalue weighted by Crippen LogP contribution is 2.42. The van der Waals surface area contributed by atoms with Crippen LogP contribution in [0.4, 0.5) is 28.9 Å². The van der Waals surface area contributed by atoms with Crippen LogP contribution >= 0.6 is 11.3 Å². The summed E-state index contributed by atoms with van der Waals surface area (Å²) in [4.78, 5) is 2.47. The minimum Gasteiger partial charge on any atom is -0.495 e. The van der Waals surface area contributed by atoms with E-state index in [1.165, 1.54) is 31.3 Å². The van der Waals surface area contributed by atoms with Gasteiger partial charge in [0, 0.05) is 35.9 Å². The van der Waals surface area contributed by atoms with E-state index in [0.717, 1.165) is 80.8 Å². The number of fused-ring (bicyclic) bond motifs is 1. The average molecular weight is 694 g/mol. The maximum atomic E-state index is 14.5. The number of hydrogen-bond acceptors (Lipinski definition) is 8. The van der Waals surface area contributed by atoms with Crippen LogP contribution in [0.2, 0.25) is 0 Å². The van der Waals surface area contributed by atoms with Crippen molar-refractivity contribution in [1.82, 2.24) is 4.90 Å². The molecule has 1 aromatic heterocycles. The number of thiophene rings is 1. The summed E-state index contributed by atoms with van der Waals surface area (Å²) in [5, 5.41) is 7.06. The molecule has 254 valence electrons. The summed E-state index contributed by atoms with van der Waals surface area (Å²) in [5.74, 6) is 4.92. The molecule has 1 spiro atoms. The number of halogens is 4. The summed E-state index contributed by atoms with van der Waals surface area (Å²) in [6.45, 7) is 4.03. The van der Waals surface area contributed by atoms with Gasteiger partial charge >= 0.3 is 6.18 Å². The van der Waals surface area contributed by atoms with Crippen molar-refractivity contribution in [1.29, 1.82) is 0 Å². The van der Waals surface area contributed by atoms with Crippen LogP contribution < -0.4 is 15.4 Å². The molecule has 2 saturated heterocycles. The summed E-state index contributed by atoms with van der Waals surface area (Å²) in [6.07, 6.45) is 1.98. The monoisotopic (exact) mass is 693 g/mol. The van der Waals surface area contributed by atoms with Crippen molar-refractivity contribution in [2.75, 3.05) is 56.8 Å². The number of piperidine rings is 1. The second-order valence-corrected chi connectivity index (χ2v) is 16.0. The lowest BCUT2D eigenvalue weighted by atomic mass is 9.76. The topological polar surface area (TPSA) is 79.9 Å². The number of ether oxygens (including phenoxy) is 2. The van der Waals surface area contributed by atoms with Crippen LogP contribution in [-0.4, -0.2) is 77.8 Å². The van der Waals surface area contributed by atoms with Crippen molar-refractivity contribution in [3.05, 3.63) is 46.6 Å². The average Bonchev–Trinajstić information content (AvgIpc) is 3.35. The van der Waals surface area contributed by atoms with Crippen LogP contribution in [0.15, 0.2) is 35.2 Å². The van der Waals surface area contributed by atoms with Crippen molar-refractivity contribution in [3.63, 3.8) is 0 Å². The molecule has 7 nitrogen and oxygen atoms in total. The molecular weight excluding hydrogens is 655 g/mol. The Labute approximate surface area is 276 Å². The first kappa shape index (κ1) is 33.8. The molecule has 47 heavy (non-hydrogen) atoms. The minimum atomic E-state index is -4.42. The molecule has 3 heterocycles. The number of nitrogens with zero attached hydrogens (tertiary/aromatic N) is 1. The molecule has 2 aromatic carbocycles. The number of nitrogens with one attached hydrogen (secondary N) is 2. The fraction of sp³-hybridized carbons (Fsp3) is 0.529. The standard InChI is InChI=1S/C34H39F4N3O4S2/c1-44-29-18-31(47(2,42)43)26(35)17-28(29)39-14-4-7-30-25(19-34(36,37)38)24-5-3-6-27(32(24)46-30)40-22-8-10-23(11-9-22)41-15-12-33(13-16-41)20-45-21-33/h3,5-6,17-18,22-23,39-40H,8-16,19-21H2,1-2H3. The van der Waals surface area contributed by atoms with Gasteiger partial charge in [0.05, 0.1) is 54.2 Å². The molecule has 3 aliphatic rings. The van der Waals surface area contributed by atoms with Crippen molar-refractivity contribution in [2.45, 2.75) is 68.1 Å². The molecule has 0 radical (unpaired) electrons. The zero-order chi connectivity index (χ0) is 33.4. The maximum Gasteiger partial charge on any atom is 0.393 e. The quantitative estimate of drug-likeness (QED) is 0.197. The van der Waals surface area contributed by atoms with Crippen molar-refractivity contribution >= 4 is 42.6 Å². The van der Waals surface area contributed by atoms with Gasteiger partial charge < -0.3 is 25.0 Å². The number of anilines is 2. The van der Waals surface area contributed by atoms with Gasteiger partial charge in [-0.3, -0.25) is 0 Å². The van der Waals surface area contributed by atoms with E-state index >= 15 is 0 Å². The summed E-state index contributed by atoms with van der Waals surface area (Å²) < 4.78 is 90.8. The Hall–Kier alpha value is -3.05. The highest BCUT2D eigenvalue weighted by atomic mass is 32.2. The van der Waals surface area contributed by atoms with Crippen LogP contribution in [0.5, 0.6) is 5.75 Å². The number of benzene rings is 2. The van der Waals surface area contributed by atoms with Gasteiger partial charge in [0.2, 0.25) is 0 Å². The predicted molar refractivity (Wildman–Crippen MR) is 177 cm³/mol. The minimum absolute atomic E-state index is 0.0339. The van der Waals surface area contributed by atoms with Gasteiger partial charge in [-0.1, -0.05) is 24.0 Å². The summed E-state index contributed by atoms with van der Waals surface area (Å²) in [6, 6.07) is 8.33. The molecule has 1 saturated carbocycles.